The summed E-state index contributed by atoms with van der Waals surface area (Å²) < 4.78 is 10.8. The van der Waals surface area contributed by atoms with Gasteiger partial charge in [0.1, 0.15) is 11.9 Å². The number of nitrogen functional groups attached to an aromatic ring is 1. The van der Waals surface area contributed by atoms with E-state index in [1.165, 1.54) is 6.92 Å². The van der Waals surface area contributed by atoms with Crippen LogP contribution >= 0.6 is 0 Å². The number of esters is 1. The van der Waals surface area contributed by atoms with Crippen molar-refractivity contribution in [2.75, 3.05) is 12.3 Å². The number of nitrogens with two attached hydrogens (primary N) is 1. The van der Waals surface area contributed by atoms with Gasteiger partial charge in [-0.2, -0.15) is 0 Å². The molecular weight excluding hydrogens is 282 g/mol. The SMILES string of the molecule is CC(=O)c1ccc(OCC(=O)OC2CCC(C)CC2)c(N)c1. The maximum Gasteiger partial charge on any atom is 0.344 e. The number of hydrogen-bond acceptors (Lipinski definition) is 5. The van der Waals surface area contributed by atoms with Gasteiger partial charge in [0.05, 0.1) is 5.69 Å². The molecule has 5 heteroatoms. The highest BCUT2D eigenvalue weighted by atomic mass is 16.6. The number of anilines is 1. The largest absolute Gasteiger partial charge is 0.480 e. The summed E-state index contributed by atoms with van der Waals surface area (Å²) in [5.41, 5.74) is 6.67. The highest BCUT2D eigenvalue weighted by molar-refractivity contribution is 5.95. The molecule has 0 bridgehead atoms. The number of ketones is 1. The van der Waals surface area contributed by atoms with E-state index in [1.807, 2.05) is 0 Å². The zero-order valence-electron chi connectivity index (χ0n) is 13.1. The second-order valence-electron chi connectivity index (χ2n) is 5.97. The molecule has 5 nitrogen and oxygen atoms in total. The highest BCUT2D eigenvalue weighted by Crippen LogP contribution is 2.26. The molecule has 1 aliphatic rings. The molecule has 120 valence electrons. The lowest BCUT2D eigenvalue weighted by Crippen LogP contribution is -2.26. The van der Waals surface area contributed by atoms with E-state index in [0.29, 0.717) is 22.9 Å². The molecule has 1 saturated carbocycles. The number of benzene rings is 1. The molecule has 2 rings (SSSR count). The molecule has 0 atom stereocenters. The van der Waals surface area contributed by atoms with Crippen LogP contribution in [-0.4, -0.2) is 24.5 Å². The van der Waals surface area contributed by atoms with Crippen molar-refractivity contribution >= 4 is 17.4 Å². The van der Waals surface area contributed by atoms with Gasteiger partial charge in [0, 0.05) is 5.56 Å². The van der Waals surface area contributed by atoms with Crippen molar-refractivity contribution < 1.29 is 19.1 Å². The molecule has 0 heterocycles. The number of carbonyl (C=O) groups excluding carboxylic acids is 2. The Labute approximate surface area is 130 Å². The van der Waals surface area contributed by atoms with Crippen molar-refractivity contribution in [3.63, 3.8) is 0 Å². The van der Waals surface area contributed by atoms with Crippen LogP contribution in [-0.2, 0) is 9.53 Å². The van der Waals surface area contributed by atoms with Crippen LogP contribution in [0.3, 0.4) is 0 Å². The van der Waals surface area contributed by atoms with Crippen LogP contribution in [0.15, 0.2) is 18.2 Å². The number of ether oxygens (including phenoxy) is 2. The lowest BCUT2D eigenvalue weighted by atomic mass is 9.89. The van der Waals surface area contributed by atoms with Crippen LogP contribution in [0.1, 0.15) is 49.9 Å². The molecule has 0 radical (unpaired) electrons. The fourth-order valence-corrected chi connectivity index (χ4v) is 2.60. The zero-order chi connectivity index (χ0) is 16.1. The summed E-state index contributed by atoms with van der Waals surface area (Å²) >= 11 is 0. The minimum atomic E-state index is -0.380. The van der Waals surface area contributed by atoms with Gasteiger partial charge < -0.3 is 15.2 Å². The van der Waals surface area contributed by atoms with Crippen LogP contribution in [0, 0.1) is 5.92 Å². The predicted molar refractivity (Wildman–Crippen MR) is 83.9 cm³/mol. The molecule has 0 aliphatic heterocycles. The highest BCUT2D eigenvalue weighted by Gasteiger charge is 2.21. The van der Waals surface area contributed by atoms with Crippen molar-refractivity contribution in [2.45, 2.75) is 45.6 Å². The minimum absolute atomic E-state index is 0.00439. The Hall–Kier alpha value is -2.04. The Morgan fingerprint density at radius 3 is 2.50 bits per heavy atom. The van der Waals surface area contributed by atoms with Gasteiger partial charge in [-0.25, -0.2) is 4.79 Å². The third-order valence-corrected chi connectivity index (χ3v) is 4.02. The van der Waals surface area contributed by atoms with E-state index in [0.717, 1.165) is 25.7 Å². The van der Waals surface area contributed by atoms with E-state index >= 15 is 0 Å². The number of hydrogen-bond donors (Lipinski definition) is 1. The first-order valence-electron chi connectivity index (χ1n) is 7.68. The van der Waals surface area contributed by atoms with Crippen molar-refractivity contribution in [2.24, 2.45) is 5.92 Å². The monoisotopic (exact) mass is 305 g/mol. The molecule has 0 saturated heterocycles. The first kappa shape index (κ1) is 16.3. The van der Waals surface area contributed by atoms with Crippen LogP contribution in [0.5, 0.6) is 5.75 Å². The Kier molecular flexibility index (Phi) is 5.41. The summed E-state index contributed by atoms with van der Waals surface area (Å²) in [7, 11) is 0. The van der Waals surface area contributed by atoms with E-state index < -0.39 is 0 Å². The topological polar surface area (TPSA) is 78.6 Å². The van der Waals surface area contributed by atoms with Crippen LogP contribution in [0.2, 0.25) is 0 Å². The maximum absolute atomic E-state index is 11.8. The number of Topliss-reactive ketones (excluding diaryl/α,β-unsaturated/α-hetero) is 1. The summed E-state index contributed by atoms with van der Waals surface area (Å²) in [5.74, 6) is 0.656. The van der Waals surface area contributed by atoms with Gasteiger partial charge in [0.25, 0.3) is 0 Å². The van der Waals surface area contributed by atoms with E-state index in [2.05, 4.69) is 6.92 Å². The number of rotatable bonds is 5. The second-order valence-corrected chi connectivity index (χ2v) is 5.97. The summed E-state index contributed by atoms with van der Waals surface area (Å²) in [6, 6.07) is 4.77. The molecule has 0 unspecified atom stereocenters. The molecule has 1 aromatic rings. The Bertz CT molecular complexity index is 548. The molecule has 2 N–H and O–H groups in total. The summed E-state index contributed by atoms with van der Waals surface area (Å²) in [6.07, 6.45) is 4.03. The molecule has 0 spiro atoms. The van der Waals surface area contributed by atoms with E-state index in [-0.39, 0.29) is 24.5 Å². The van der Waals surface area contributed by atoms with Crippen molar-refractivity contribution in [3.8, 4) is 5.75 Å². The summed E-state index contributed by atoms with van der Waals surface area (Å²) in [6.45, 7) is 3.52. The predicted octanol–water partition coefficient (Wildman–Crippen LogP) is 2.97. The van der Waals surface area contributed by atoms with Crippen molar-refractivity contribution in [1.29, 1.82) is 0 Å². The smallest absolute Gasteiger partial charge is 0.344 e. The zero-order valence-corrected chi connectivity index (χ0v) is 13.1. The van der Waals surface area contributed by atoms with Gasteiger partial charge in [-0.05, 0) is 56.7 Å². The summed E-state index contributed by atoms with van der Waals surface area (Å²) in [4.78, 5) is 23.1. The first-order valence-corrected chi connectivity index (χ1v) is 7.68. The standard InChI is InChI=1S/C17H23NO4/c1-11-3-6-14(7-4-11)22-17(20)10-21-16-8-5-13(12(2)19)9-15(16)18/h5,8-9,11,14H,3-4,6-7,10,18H2,1-2H3. The molecule has 1 fully saturated rings. The van der Waals surface area contributed by atoms with Gasteiger partial charge >= 0.3 is 5.97 Å². The van der Waals surface area contributed by atoms with Gasteiger partial charge in [-0.15, -0.1) is 0 Å². The molecule has 0 aromatic heterocycles. The number of carbonyl (C=O) groups is 2. The normalized spacial score (nSPS) is 21.2. The van der Waals surface area contributed by atoms with Gasteiger partial charge in [0.15, 0.2) is 12.4 Å². The fraction of sp³-hybridized carbons (Fsp3) is 0.529. The molecule has 1 aliphatic carbocycles. The third kappa shape index (κ3) is 4.48. The van der Waals surface area contributed by atoms with Crippen molar-refractivity contribution in [1.82, 2.24) is 0 Å². The lowest BCUT2D eigenvalue weighted by Gasteiger charge is -2.25. The summed E-state index contributed by atoms with van der Waals surface area (Å²) in [5, 5.41) is 0. The van der Waals surface area contributed by atoms with Crippen LogP contribution < -0.4 is 10.5 Å². The van der Waals surface area contributed by atoms with Gasteiger partial charge in [0.2, 0.25) is 0 Å². The van der Waals surface area contributed by atoms with Crippen LogP contribution in [0.25, 0.3) is 0 Å². The average Bonchev–Trinajstić information content (AvgIpc) is 2.48. The molecule has 1 aromatic carbocycles. The Balaban J connectivity index is 1.82. The second kappa shape index (κ2) is 7.29. The lowest BCUT2D eigenvalue weighted by molar-refractivity contribution is -0.153. The maximum atomic E-state index is 11.8. The third-order valence-electron chi connectivity index (χ3n) is 4.02. The van der Waals surface area contributed by atoms with Crippen molar-refractivity contribution in [3.05, 3.63) is 23.8 Å². The quantitative estimate of drug-likeness (QED) is 0.514. The van der Waals surface area contributed by atoms with Gasteiger partial charge in [-0.1, -0.05) is 6.92 Å². The molecule has 0 amide bonds. The van der Waals surface area contributed by atoms with Crippen LogP contribution in [0.4, 0.5) is 5.69 Å². The average molecular weight is 305 g/mol. The molecular formula is C17H23NO4. The fourth-order valence-electron chi connectivity index (χ4n) is 2.60. The van der Waals surface area contributed by atoms with E-state index in [4.69, 9.17) is 15.2 Å². The first-order chi connectivity index (χ1) is 10.5. The minimum Gasteiger partial charge on any atom is -0.480 e. The van der Waals surface area contributed by atoms with E-state index in [1.54, 1.807) is 18.2 Å². The Morgan fingerprint density at radius 1 is 1.23 bits per heavy atom. The Morgan fingerprint density at radius 2 is 1.91 bits per heavy atom. The van der Waals surface area contributed by atoms with E-state index in [9.17, 15) is 9.59 Å². The van der Waals surface area contributed by atoms with Gasteiger partial charge in [-0.3, -0.25) is 4.79 Å². The molecule has 22 heavy (non-hydrogen) atoms.